The van der Waals surface area contributed by atoms with Gasteiger partial charge in [0.1, 0.15) is 5.75 Å². The van der Waals surface area contributed by atoms with Gasteiger partial charge >= 0.3 is 0 Å². The Morgan fingerprint density at radius 1 is 0.857 bits per heavy atom. The fourth-order valence-corrected chi connectivity index (χ4v) is 1.92. The van der Waals surface area contributed by atoms with Crippen LogP contribution in [0.3, 0.4) is 0 Å². The number of ether oxygens (including phenoxy) is 3. The third-order valence-electron chi connectivity index (χ3n) is 3.00. The minimum atomic E-state index is -0.250. The minimum absolute atomic E-state index is 0.250. The minimum Gasteiger partial charge on any atom is -0.495 e. The zero-order valence-corrected chi connectivity index (χ0v) is 12.2. The lowest BCUT2D eigenvalue weighted by Gasteiger charge is -2.11. The second-order valence-corrected chi connectivity index (χ2v) is 4.22. The zero-order chi connectivity index (χ0) is 15.2. The lowest BCUT2D eigenvalue weighted by Crippen LogP contribution is -2.12. The van der Waals surface area contributed by atoms with Crippen molar-refractivity contribution in [1.29, 1.82) is 0 Å². The number of carbonyl (C=O) groups excluding carboxylic acids is 1. The van der Waals surface area contributed by atoms with E-state index < -0.39 is 0 Å². The van der Waals surface area contributed by atoms with Crippen molar-refractivity contribution < 1.29 is 19.0 Å². The van der Waals surface area contributed by atoms with Crippen molar-refractivity contribution in [3.63, 3.8) is 0 Å². The zero-order valence-electron chi connectivity index (χ0n) is 12.2. The normalized spacial score (nSPS) is 9.86. The molecule has 1 amide bonds. The topological polar surface area (TPSA) is 56.8 Å². The Hall–Kier alpha value is -2.69. The van der Waals surface area contributed by atoms with Crippen LogP contribution < -0.4 is 19.5 Å². The lowest BCUT2D eigenvalue weighted by molar-refractivity contribution is 0.102. The third-order valence-corrected chi connectivity index (χ3v) is 3.00. The molecule has 0 atom stereocenters. The predicted octanol–water partition coefficient (Wildman–Crippen LogP) is 2.96. The second-order valence-electron chi connectivity index (χ2n) is 4.22. The number of para-hydroxylation sites is 2. The van der Waals surface area contributed by atoms with Crippen molar-refractivity contribution in [2.24, 2.45) is 0 Å². The largest absolute Gasteiger partial charge is 0.495 e. The molecule has 0 heterocycles. The number of benzene rings is 2. The van der Waals surface area contributed by atoms with Crippen LogP contribution in [0.4, 0.5) is 5.69 Å². The van der Waals surface area contributed by atoms with Crippen molar-refractivity contribution in [2.75, 3.05) is 26.6 Å². The average Bonchev–Trinajstić information content (AvgIpc) is 2.54. The van der Waals surface area contributed by atoms with Crippen LogP contribution in [0.5, 0.6) is 17.2 Å². The van der Waals surface area contributed by atoms with Crippen molar-refractivity contribution in [3.8, 4) is 17.2 Å². The van der Waals surface area contributed by atoms with Crippen molar-refractivity contribution in [2.45, 2.75) is 0 Å². The van der Waals surface area contributed by atoms with Gasteiger partial charge in [-0.3, -0.25) is 4.79 Å². The van der Waals surface area contributed by atoms with Crippen LogP contribution in [0.15, 0.2) is 42.5 Å². The monoisotopic (exact) mass is 287 g/mol. The van der Waals surface area contributed by atoms with E-state index in [9.17, 15) is 4.79 Å². The highest BCUT2D eigenvalue weighted by Gasteiger charge is 2.12. The van der Waals surface area contributed by atoms with Gasteiger partial charge in [0.25, 0.3) is 5.91 Å². The quantitative estimate of drug-likeness (QED) is 0.918. The maximum atomic E-state index is 12.3. The first-order valence-corrected chi connectivity index (χ1v) is 6.36. The maximum absolute atomic E-state index is 12.3. The molecule has 0 unspecified atom stereocenters. The number of hydrogen-bond donors (Lipinski definition) is 1. The molecule has 0 fully saturated rings. The average molecular weight is 287 g/mol. The molecule has 2 aromatic rings. The van der Waals surface area contributed by atoms with Crippen LogP contribution in [0.25, 0.3) is 0 Å². The summed E-state index contributed by atoms with van der Waals surface area (Å²) >= 11 is 0. The number of hydrogen-bond acceptors (Lipinski definition) is 4. The maximum Gasteiger partial charge on any atom is 0.255 e. The summed E-state index contributed by atoms with van der Waals surface area (Å²) in [4.78, 5) is 12.3. The summed E-state index contributed by atoms with van der Waals surface area (Å²) in [6.07, 6.45) is 0. The molecule has 1 N–H and O–H groups in total. The van der Waals surface area contributed by atoms with Crippen LogP contribution in [-0.4, -0.2) is 27.2 Å². The SMILES string of the molecule is COc1ccccc1NC(=O)c1ccc(OC)c(OC)c1. The highest BCUT2D eigenvalue weighted by molar-refractivity contribution is 6.05. The smallest absolute Gasteiger partial charge is 0.255 e. The van der Waals surface area contributed by atoms with Gasteiger partial charge < -0.3 is 19.5 Å². The molecule has 21 heavy (non-hydrogen) atoms. The molecule has 2 aromatic carbocycles. The van der Waals surface area contributed by atoms with Crippen molar-refractivity contribution in [3.05, 3.63) is 48.0 Å². The molecule has 110 valence electrons. The molecular formula is C16H17NO4. The van der Waals surface area contributed by atoms with E-state index in [-0.39, 0.29) is 5.91 Å². The van der Waals surface area contributed by atoms with Gasteiger partial charge in [-0.05, 0) is 30.3 Å². The van der Waals surface area contributed by atoms with E-state index in [4.69, 9.17) is 14.2 Å². The molecule has 0 aliphatic heterocycles. The summed E-state index contributed by atoms with van der Waals surface area (Å²) in [6.45, 7) is 0. The Balaban J connectivity index is 2.24. The predicted molar refractivity (Wildman–Crippen MR) is 80.5 cm³/mol. The van der Waals surface area contributed by atoms with E-state index in [1.807, 2.05) is 12.1 Å². The second kappa shape index (κ2) is 6.65. The first-order valence-electron chi connectivity index (χ1n) is 6.36. The molecule has 5 heteroatoms. The van der Waals surface area contributed by atoms with Crippen LogP contribution in [0.1, 0.15) is 10.4 Å². The van der Waals surface area contributed by atoms with Gasteiger partial charge in [-0.25, -0.2) is 0 Å². The first kappa shape index (κ1) is 14.7. The van der Waals surface area contributed by atoms with Gasteiger partial charge in [-0.2, -0.15) is 0 Å². The molecule has 0 spiro atoms. The lowest BCUT2D eigenvalue weighted by atomic mass is 10.1. The molecule has 0 aliphatic rings. The number of anilines is 1. The molecule has 0 saturated carbocycles. The van der Waals surface area contributed by atoms with Crippen LogP contribution in [0.2, 0.25) is 0 Å². The Morgan fingerprint density at radius 3 is 2.19 bits per heavy atom. The number of carbonyl (C=O) groups is 1. The summed E-state index contributed by atoms with van der Waals surface area (Å²) in [5.41, 5.74) is 1.08. The Bertz CT molecular complexity index is 640. The molecule has 0 aliphatic carbocycles. The number of methoxy groups -OCH3 is 3. The van der Waals surface area contributed by atoms with Crippen LogP contribution in [-0.2, 0) is 0 Å². The summed E-state index contributed by atoms with van der Waals surface area (Å²) in [7, 11) is 4.63. The van der Waals surface area contributed by atoms with E-state index in [0.29, 0.717) is 28.5 Å². The van der Waals surface area contributed by atoms with Gasteiger partial charge in [0.2, 0.25) is 0 Å². The number of rotatable bonds is 5. The fraction of sp³-hybridized carbons (Fsp3) is 0.188. The van der Waals surface area contributed by atoms with Gasteiger partial charge in [0.15, 0.2) is 11.5 Å². The molecule has 5 nitrogen and oxygen atoms in total. The highest BCUT2D eigenvalue weighted by atomic mass is 16.5. The summed E-state index contributed by atoms with van der Waals surface area (Å²) in [5, 5.41) is 2.81. The van der Waals surface area contributed by atoms with Gasteiger partial charge in [-0.15, -0.1) is 0 Å². The summed E-state index contributed by atoms with van der Waals surface area (Å²) in [6, 6.07) is 12.2. The van der Waals surface area contributed by atoms with E-state index in [1.165, 1.54) is 7.11 Å². The number of amides is 1. The molecule has 0 aromatic heterocycles. The molecule has 2 rings (SSSR count). The molecular weight excluding hydrogens is 270 g/mol. The third kappa shape index (κ3) is 3.25. The van der Waals surface area contributed by atoms with E-state index in [1.54, 1.807) is 44.6 Å². The van der Waals surface area contributed by atoms with Crippen LogP contribution >= 0.6 is 0 Å². The van der Waals surface area contributed by atoms with Gasteiger partial charge in [-0.1, -0.05) is 12.1 Å². The van der Waals surface area contributed by atoms with E-state index in [0.717, 1.165) is 0 Å². The van der Waals surface area contributed by atoms with Crippen molar-refractivity contribution >= 4 is 11.6 Å². The first-order chi connectivity index (χ1) is 10.2. The van der Waals surface area contributed by atoms with Gasteiger partial charge in [0, 0.05) is 5.56 Å². The van der Waals surface area contributed by atoms with Crippen LogP contribution in [0, 0.1) is 0 Å². The Morgan fingerprint density at radius 2 is 1.52 bits per heavy atom. The van der Waals surface area contributed by atoms with Gasteiger partial charge in [0.05, 0.1) is 27.0 Å². The summed E-state index contributed by atoms with van der Waals surface area (Å²) < 4.78 is 15.5. The van der Waals surface area contributed by atoms with E-state index in [2.05, 4.69) is 5.32 Å². The number of nitrogens with one attached hydrogen (secondary N) is 1. The summed E-state index contributed by atoms with van der Waals surface area (Å²) in [5.74, 6) is 1.43. The Kier molecular flexibility index (Phi) is 4.66. The highest BCUT2D eigenvalue weighted by Crippen LogP contribution is 2.29. The standard InChI is InChI=1S/C16H17NO4/c1-19-13-7-5-4-6-12(13)17-16(18)11-8-9-14(20-2)15(10-11)21-3/h4-10H,1-3H3,(H,17,18). The molecule has 0 radical (unpaired) electrons. The Labute approximate surface area is 123 Å². The molecule has 0 saturated heterocycles. The fourth-order valence-electron chi connectivity index (χ4n) is 1.92. The molecule has 0 bridgehead atoms. The van der Waals surface area contributed by atoms with E-state index >= 15 is 0 Å². The van der Waals surface area contributed by atoms with Crippen molar-refractivity contribution in [1.82, 2.24) is 0 Å².